The van der Waals surface area contributed by atoms with E-state index in [0.717, 1.165) is 23.5 Å². The highest BCUT2D eigenvalue weighted by molar-refractivity contribution is 6.00. The smallest absolute Gasteiger partial charge is 0.258 e. The SMILES string of the molecule is CC(C(=O)c1ccccc1)c1c[nH]c(Cc2ccccc2)[n+]1C. The summed E-state index contributed by atoms with van der Waals surface area (Å²) in [6.45, 7) is 1.96. The average molecular weight is 305 g/mol. The molecule has 0 aliphatic carbocycles. The molecule has 0 spiro atoms. The van der Waals surface area contributed by atoms with Gasteiger partial charge in [-0.1, -0.05) is 60.7 Å². The van der Waals surface area contributed by atoms with Gasteiger partial charge in [-0.05, 0) is 12.5 Å². The Bertz CT molecular complexity index is 791. The number of aromatic amines is 1. The van der Waals surface area contributed by atoms with E-state index in [-0.39, 0.29) is 11.7 Å². The molecule has 0 radical (unpaired) electrons. The molecule has 1 atom stereocenters. The Morgan fingerprint density at radius 3 is 2.30 bits per heavy atom. The van der Waals surface area contributed by atoms with Gasteiger partial charge in [0, 0.05) is 5.56 Å². The molecular weight excluding hydrogens is 284 g/mol. The van der Waals surface area contributed by atoms with Gasteiger partial charge in [0.05, 0.1) is 19.4 Å². The Morgan fingerprint density at radius 1 is 1.04 bits per heavy atom. The third-order valence-electron chi connectivity index (χ3n) is 4.29. The lowest BCUT2D eigenvalue weighted by atomic mass is 9.97. The highest BCUT2D eigenvalue weighted by Crippen LogP contribution is 2.18. The van der Waals surface area contributed by atoms with Crippen molar-refractivity contribution in [2.45, 2.75) is 19.3 Å². The topological polar surface area (TPSA) is 36.7 Å². The van der Waals surface area contributed by atoms with Crippen LogP contribution in [0.3, 0.4) is 0 Å². The van der Waals surface area contributed by atoms with Crippen LogP contribution >= 0.6 is 0 Å². The molecule has 0 saturated carbocycles. The largest absolute Gasteiger partial charge is 0.293 e. The Labute approximate surface area is 136 Å². The van der Waals surface area contributed by atoms with Gasteiger partial charge in [0.25, 0.3) is 5.82 Å². The molecule has 0 aliphatic heterocycles. The summed E-state index contributed by atoms with van der Waals surface area (Å²) >= 11 is 0. The fourth-order valence-corrected chi connectivity index (χ4v) is 2.87. The second-order valence-corrected chi connectivity index (χ2v) is 5.83. The van der Waals surface area contributed by atoms with Crippen molar-refractivity contribution in [3.8, 4) is 0 Å². The molecule has 1 unspecified atom stereocenters. The second-order valence-electron chi connectivity index (χ2n) is 5.83. The number of ketones is 1. The average Bonchev–Trinajstić information content (AvgIpc) is 2.96. The summed E-state index contributed by atoms with van der Waals surface area (Å²) in [5.74, 6) is 1.06. The number of Topliss-reactive ketones (excluding diaryl/α,β-unsaturated/α-hetero) is 1. The van der Waals surface area contributed by atoms with Crippen LogP contribution in [-0.4, -0.2) is 10.8 Å². The number of hydrogen-bond donors (Lipinski definition) is 1. The summed E-state index contributed by atoms with van der Waals surface area (Å²) in [5, 5.41) is 0. The van der Waals surface area contributed by atoms with Crippen LogP contribution in [0.1, 0.15) is 40.3 Å². The third-order valence-corrected chi connectivity index (χ3v) is 4.29. The minimum Gasteiger partial charge on any atom is -0.293 e. The van der Waals surface area contributed by atoms with Crippen molar-refractivity contribution in [2.24, 2.45) is 7.05 Å². The molecule has 0 aliphatic rings. The lowest BCUT2D eigenvalue weighted by Crippen LogP contribution is -2.37. The zero-order chi connectivity index (χ0) is 16.2. The first-order chi connectivity index (χ1) is 11.2. The number of hydrogen-bond acceptors (Lipinski definition) is 1. The normalized spacial score (nSPS) is 12.1. The van der Waals surface area contributed by atoms with E-state index in [1.807, 2.05) is 68.7 Å². The number of nitrogens with zero attached hydrogens (tertiary/aromatic N) is 1. The van der Waals surface area contributed by atoms with Crippen LogP contribution in [0.25, 0.3) is 0 Å². The first-order valence-corrected chi connectivity index (χ1v) is 7.86. The minimum atomic E-state index is -0.178. The lowest BCUT2D eigenvalue weighted by Gasteiger charge is -2.08. The van der Waals surface area contributed by atoms with Crippen molar-refractivity contribution in [1.29, 1.82) is 0 Å². The molecule has 0 saturated heterocycles. The fourth-order valence-electron chi connectivity index (χ4n) is 2.87. The van der Waals surface area contributed by atoms with Gasteiger partial charge in [-0.25, -0.2) is 9.55 Å². The molecule has 3 rings (SSSR count). The minimum absolute atomic E-state index is 0.145. The van der Waals surface area contributed by atoms with Crippen molar-refractivity contribution >= 4 is 5.78 Å². The molecule has 3 aromatic rings. The molecule has 1 heterocycles. The molecule has 0 amide bonds. The summed E-state index contributed by atoms with van der Waals surface area (Å²) < 4.78 is 2.10. The van der Waals surface area contributed by atoms with Crippen molar-refractivity contribution in [3.63, 3.8) is 0 Å². The summed E-state index contributed by atoms with van der Waals surface area (Å²) in [5.41, 5.74) is 3.01. The van der Waals surface area contributed by atoms with Crippen LogP contribution in [0.5, 0.6) is 0 Å². The van der Waals surface area contributed by atoms with Gasteiger partial charge < -0.3 is 0 Å². The molecule has 0 bridgehead atoms. The van der Waals surface area contributed by atoms with E-state index < -0.39 is 0 Å². The third kappa shape index (κ3) is 3.24. The lowest BCUT2D eigenvalue weighted by molar-refractivity contribution is -0.685. The highest BCUT2D eigenvalue weighted by Gasteiger charge is 2.25. The Morgan fingerprint density at radius 2 is 1.65 bits per heavy atom. The van der Waals surface area contributed by atoms with Gasteiger partial charge in [-0.15, -0.1) is 0 Å². The zero-order valence-electron chi connectivity index (χ0n) is 13.5. The molecule has 23 heavy (non-hydrogen) atoms. The van der Waals surface area contributed by atoms with Crippen molar-refractivity contribution in [3.05, 3.63) is 89.5 Å². The number of benzene rings is 2. The molecule has 2 aromatic carbocycles. The number of carbonyl (C=O) groups is 1. The zero-order valence-corrected chi connectivity index (χ0v) is 13.5. The van der Waals surface area contributed by atoms with Gasteiger partial charge in [0.1, 0.15) is 6.20 Å². The van der Waals surface area contributed by atoms with E-state index in [0.29, 0.717) is 0 Å². The number of H-pyrrole nitrogens is 1. The van der Waals surface area contributed by atoms with Crippen molar-refractivity contribution in [1.82, 2.24) is 4.98 Å². The number of rotatable bonds is 5. The predicted octanol–water partition coefficient (Wildman–Crippen LogP) is 3.42. The van der Waals surface area contributed by atoms with E-state index in [4.69, 9.17) is 0 Å². The second kappa shape index (κ2) is 6.61. The highest BCUT2D eigenvalue weighted by atomic mass is 16.1. The van der Waals surface area contributed by atoms with E-state index in [1.165, 1.54) is 5.56 Å². The Kier molecular flexibility index (Phi) is 4.38. The first kappa shape index (κ1) is 15.2. The molecular formula is C20H21N2O+. The maximum atomic E-state index is 12.6. The van der Waals surface area contributed by atoms with Crippen LogP contribution in [0.4, 0.5) is 0 Å². The molecule has 3 heteroatoms. The Balaban J connectivity index is 1.82. The molecule has 3 nitrogen and oxygen atoms in total. The van der Waals surface area contributed by atoms with Crippen LogP contribution in [0.15, 0.2) is 66.9 Å². The summed E-state index contributed by atoms with van der Waals surface area (Å²) in [6.07, 6.45) is 2.77. The molecule has 0 fully saturated rings. The number of carbonyl (C=O) groups excluding carboxylic acids is 1. The fraction of sp³-hybridized carbons (Fsp3) is 0.200. The standard InChI is InChI=1S/C20H20N2O/c1-15(20(23)17-11-7-4-8-12-17)18-14-21-19(22(18)2)13-16-9-5-3-6-10-16/h3-12,14-15H,13H2,1-2H3/p+1. The van der Waals surface area contributed by atoms with Crippen molar-refractivity contribution < 1.29 is 9.36 Å². The van der Waals surface area contributed by atoms with E-state index >= 15 is 0 Å². The number of aromatic nitrogens is 2. The number of nitrogens with one attached hydrogen (secondary N) is 1. The first-order valence-electron chi connectivity index (χ1n) is 7.86. The maximum absolute atomic E-state index is 12.6. The van der Waals surface area contributed by atoms with Gasteiger partial charge in [-0.3, -0.25) is 4.79 Å². The van der Waals surface area contributed by atoms with Crippen molar-refractivity contribution in [2.75, 3.05) is 0 Å². The summed E-state index contributed by atoms with van der Waals surface area (Å²) in [7, 11) is 2.01. The molecule has 1 N–H and O–H groups in total. The van der Waals surface area contributed by atoms with E-state index in [9.17, 15) is 4.79 Å². The van der Waals surface area contributed by atoms with Crippen LogP contribution in [0, 0.1) is 0 Å². The predicted molar refractivity (Wildman–Crippen MR) is 90.4 cm³/mol. The van der Waals surface area contributed by atoms with Crippen LogP contribution < -0.4 is 4.57 Å². The monoisotopic (exact) mass is 305 g/mol. The summed E-state index contributed by atoms with van der Waals surface area (Å²) in [6, 6.07) is 19.8. The van der Waals surface area contributed by atoms with Gasteiger partial charge in [-0.2, -0.15) is 0 Å². The van der Waals surface area contributed by atoms with Crippen LogP contribution in [-0.2, 0) is 13.5 Å². The van der Waals surface area contributed by atoms with Crippen LogP contribution in [0.2, 0.25) is 0 Å². The van der Waals surface area contributed by atoms with E-state index in [2.05, 4.69) is 21.7 Å². The van der Waals surface area contributed by atoms with E-state index in [1.54, 1.807) is 0 Å². The maximum Gasteiger partial charge on any atom is 0.258 e. The molecule has 116 valence electrons. The van der Waals surface area contributed by atoms with Gasteiger partial charge in [0.2, 0.25) is 0 Å². The molecule has 1 aromatic heterocycles. The van der Waals surface area contributed by atoms with Gasteiger partial charge in [0.15, 0.2) is 11.5 Å². The quantitative estimate of drug-likeness (QED) is 0.569. The summed E-state index contributed by atoms with van der Waals surface area (Å²) in [4.78, 5) is 16.0. The Hall–Kier alpha value is -2.68. The van der Waals surface area contributed by atoms with Gasteiger partial charge >= 0.3 is 0 Å². The number of imidazole rings is 1.